The van der Waals surface area contributed by atoms with Gasteiger partial charge in [-0.05, 0) is 42.5 Å². The SMILES string of the molecule is O=C(Nc1ccc(Cl)cc1)C(=O)Nc1ccc(Cl)cc1Cl. The third-order valence-corrected chi connectivity index (χ3v) is 3.29. The van der Waals surface area contributed by atoms with Crippen molar-refractivity contribution in [3.8, 4) is 0 Å². The van der Waals surface area contributed by atoms with Crippen molar-refractivity contribution in [1.29, 1.82) is 0 Å². The van der Waals surface area contributed by atoms with Crippen LogP contribution in [0.15, 0.2) is 42.5 Å². The van der Waals surface area contributed by atoms with Crippen LogP contribution in [-0.2, 0) is 9.59 Å². The summed E-state index contributed by atoms with van der Waals surface area (Å²) in [4.78, 5) is 23.5. The predicted molar refractivity (Wildman–Crippen MR) is 85.2 cm³/mol. The van der Waals surface area contributed by atoms with Crippen LogP contribution in [0.25, 0.3) is 0 Å². The molecule has 7 heteroatoms. The molecule has 0 aliphatic carbocycles. The van der Waals surface area contributed by atoms with Crippen molar-refractivity contribution in [3.63, 3.8) is 0 Å². The van der Waals surface area contributed by atoms with Crippen LogP contribution in [0.2, 0.25) is 15.1 Å². The second-order valence-corrected chi connectivity index (χ2v) is 5.32. The third-order valence-electron chi connectivity index (χ3n) is 2.49. The van der Waals surface area contributed by atoms with Crippen molar-refractivity contribution in [3.05, 3.63) is 57.5 Å². The Kier molecular flexibility index (Phi) is 5.07. The topological polar surface area (TPSA) is 58.2 Å². The lowest BCUT2D eigenvalue weighted by Crippen LogP contribution is -2.29. The number of hydrogen-bond acceptors (Lipinski definition) is 2. The molecule has 0 fully saturated rings. The quantitative estimate of drug-likeness (QED) is 0.802. The van der Waals surface area contributed by atoms with E-state index in [1.54, 1.807) is 30.3 Å². The molecule has 2 amide bonds. The number of benzene rings is 2. The molecule has 108 valence electrons. The molecule has 0 spiro atoms. The molecule has 0 unspecified atom stereocenters. The lowest BCUT2D eigenvalue weighted by Gasteiger charge is -2.08. The minimum atomic E-state index is -0.839. The number of carbonyl (C=O) groups is 2. The summed E-state index contributed by atoms with van der Waals surface area (Å²) in [6.07, 6.45) is 0. The van der Waals surface area contributed by atoms with E-state index in [1.165, 1.54) is 12.1 Å². The Hall–Kier alpha value is -1.75. The highest BCUT2D eigenvalue weighted by molar-refractivity contribution is 6.45. The minimum absolute atomic E-state index is 0.246. The number of halogens is 3. The molecule has 0 heterocycles. The summed E-state index contributed by atoms with van der Waals surface area (Å²) in [6.45, 7) is 0. The average molecular weight is 344 g/mol. The van der Waals surface area contributed by atoms with Gasteiger partial charge in [-0.3, -0.25) is 9.59 Å². The number of anilines is 2. The molecule has 0 aromatic heterocycles. The van der Waals surface area contributed by atoms with E-state index in [1.807, 2.05) is 0 Å². The molecule has 0 bridgehead atoms. The van der Waals surface area contributed by atoms with E-state index in [-0.39, 0.29) is 5.02 Å². The molecule has 0 radical (unpaired) electrons. The average Bonchev–Trinajstić information content (AvgIpc) is 2.44. The zero-order valence-electron chi connectivity index (χ0n) is 10.5. The van der Waals surface area contributed by atoms with E-state index in [0.29, 0.717) is 21.4 Å². The van der Waals surface area contributed by atoms with Gasteiger partial charge >= 0.3 is 11.8 Å². The lowest BCUT2D eigenvalue weighted by atomic mass is 10.3. The Labute approximate surface area is 136 Å². The van der Waals surface area contributed by atoms with Crippen LogP contribution in [0, 0.1) is 0 Å². The van der Waals surface area contributed by atoms with Gasteiger partial charge in [0.2, 0.25) is 0 Å². The van der Waals surface area contributed by atoms with Crippen LogP contribution >= 0.6 is 34.8 Å². The molecule has 0 atom stereocenters. The molecule has 2 rings (SSSR count). The standard InChI is InChI=1S/C14H9Cl3N2O2/c15-8-1-4-10(5-2-8)18-13(20)14(21)19-12-6-3-9(16)7-11(12)17/h1-7H,(H,18,20)(H,19,21). The Balaban J connectivity index is 2.02. The molecule has 21 heavy (non-hydrogen) atoms. The maximum Gasteiger partial charge on any atom is 0.314 e. The predicted octanol–water partition coefficient (Wildman–Crippen LogP) is 4.22. The molecule has 0 aliphatic rings. The van der Waals surface area contributed by atoms with Crippen LogP contribution in [0.1, 0.15) is 0 Å². The summed E-state index contributed by atoms with van der Waals surface area (Å²) in [5, 5.41) is 6.05. The van der Waals surface area contributed by atoms with Crippen LogP contribution in [0.4, 0.5) is 11.4 Å². The van der Waals surface area contributed by atoms with Gasteiger partial charge in [-0.15, -0.1) is 0 Å². The lowest BCUT2D eigenvalue weighted by molar-refractivity contribution is -0.132. The number of rotatable bonds is 2. The summed E-state index contributed by atoms with van der Waals surface area (Å²) < 4.78 is 0. The molecule has 0 saturated carbocycles. The molecular weight excluding hydrogens is 335 g/mol. The normalized spacial score (nSPS) is 10.0. The monoisotopic (exact) mass is 342 g/mol. The van der Waals surface area contributed by atoms with Gasteiger partial charge in [0.25, 0.3) is 0 Å². The fraction of sp³-hybridized carbons (Fsp3) is 0. The first-order valence-electron chi connectivity index (χ1n) is 5.78. The first kappa shape index (κ1) is 15.6. The van der Waals surface area contributed by atoms with Gasteiger partial charge < -0.3 is 10.6 Å². The summed E-state index contributed by atoms with van der Waals surface area (Å²) in [5.74, 6) is -1.66. The van der Waals surface area contributed by atoms with Gasteiger partial charge in [0.1, 0.15) is 0 Å². The second-order valence-electron chi connectivity index (χ2n) is 4.04. The van der Waals surface area contributed by atoms with E-state index in [9.17, 15) is 9.59 Å². The van der Waals surface area contributed by atoms with Crippen LogP contribution in [0.3, 0.4) is 0 Å². The summed E-state index contributed by atoms with van der Waals surface area (Å²) in [5.41, 5.74) is 0.763. The largest absolute Gasteiger partial charge is 0.318 e. The number of hydrogen-bond donors (Lipinski definition) is 2. The zero-order chi connectivity index (χ0) is 15.4. The van der Waals surface area contributed by atoms with Crippen molar-refractivity contribution in [2.24, 2.45) is 0 Å². The van der Waals surface area contributed by atoms with E-state index in [4.69, 9.17) is 34.8 Å². The third kappa shape index (κ3) is 4.36. The molecule has 2 aromatic rings. The fourth-order valence-corrected chi connectivity index (χ4v) is 2.07. The second kappa shape index (κ2) is 6.80. The first-order valence-corrected chi connectivity index (χ1v) is 6.92. The number of nitrogens with one attached hydrogen (secondary N) is 2. The first-order chi connectivity index (χ1) is 9.95. The molecule has 0 saturated heterocycles. The van der Waals surface area contributed by atoms with Crippen molar-refractivity contribution in [2.45, 2.75) is 0 Å². The maximum absolute atomic E-state index is 11.8. The van der Waals surface area contributed by atoms with Gasteiger partial charge in [0, 0.05) is 15.7 Å². The highest BCUT2D eigenvalue weighted by atomic mass is 35.5. The molecule has 0 aliphatic heterocycles. The molecular formula is C14H9Cl3N2O2. The van der Waals surface area contributed by atoms with Crippen LogP contribution in [-0.4, -0.2) is 11.8 Å². The van der Waals surface area contributed by atoms with Gasteiger partial charge in [0.15, 0.2) is 0 Å². The Morgan fingerprint density at radius 1 is 0.762 bits per heavy atom. The van der Waals surface area contributed by atoms with Gasteiger partial charge in [-0.2, -0.15) is 0 Å². The Morgan fingerprint density at radius 3 is 1.95 bits per heavy atom. The zero-order valence-corrected chi connectivity index (χ0v) is 12.8. The number of amides is 2. The van der Waals surface area contributed by atoms with Crippen LogP contribution < -0.4 is 10.6 Å². The number of carbonyl (C=O) groups excluding carboxylic acids is 2. The van der Waals surface area contributed by atoms with Gasteiger partial charge in [-0.25, -0.2) is 0 Å². The van der Waals surface area contributed by atoms with Crippen molar-refractivity contribution in [2.75, 3.05) is 10.6 Å². The summed E-state index contributed by atoms with van der Waals surface area (Å²) in [6, 6.07) is 10.9. The van der Waals surface area contributed by atoms with Crippen molar-refractivity contribution in [1.82, 2.24) is 0 Å². The summed E-state index contributed by atoms with van der Waals surface area (Å²) in [7, 11) is 0. The molecule has 2 aromatic carbocycles. The molecule has 4 nitrogen and oxygen atoms in total. The van der Waals surface area contributed by atoms with Crippen LogP contribution in [0.5, 0.6) is 0 Å². The van der Waals surface area contributed by atoms with Crippen molar-refractivity contribution < 1.29 is 9.59 Å². The highest BCUT2D eigenvalue weighted by Gasteiger charge is 2.15. The summed E-state index contributed by atoms with van der Waals surface area (Å²) >= 11 is 17.4. The van der Waals surface area contributed by atoms with Gasteiger partial charge in [-0.1, -0.05) is 34.8 Å². The van der Waals surface area contributed by atoms with E-state index < -0.39 is 11.8 Å². The molecule has 2 N–H and O–H groups in total. The maximum atomic E-state index is 11.8. The Bertz CT molecular complexity index is 687. The van der Waals surface area contributed by atoms with E-state index >= 15 is 0 Å². The van der Waals surface area contributed by atoms with Gasteiger partial charge in [0.05, 0.1) is 10.7 Å². The minimum Gasteiger partial charge on any atom is -0.318 e. The van der Waals surface area contributed by atoms with E-state index in [0.717, 1.165) is 0 Å². The smallest absolute Gasteiger partial charge is 0.314 e. The fourth-order valence-electron chi connectivity index (χ4n) is 1.49. The Morgan fingerprint density at radius 2 is 1.33 bits per heavy atom. The highest BCUT2D eigenvalue weighted by Crippen LogP contribution is 2.25. The van der Waals surface area contributed by atoms with E-state index in [2.05, 4.69) is 10.6 Å². The van der Waals surface area contributed by atoms with Crippen molar-refractivity contribution >= 4 is 58.0 Å².